The number of fused-ring (bicyclic) bond motifs is 7. The smallest absolute Gasteiger partial charge is 0.361 e. The second-order valence-corrected chi connectivity index (χ2v) is 11.7. The highest BCUT2D eigenvalue weighted by molar-refractivity contribution is 6.17. The van der Waals surface area contributed by atoms with Gasteiger partial charge in [0.1, 0.15) is 23.5 Å². The number of methoxy groups -OCH3 is 3. The van der Waals surface area contributed by atoms with Crippen LogP contribution in [0, 0.1) is 6.92 Å². The lowest BCUT2D eigenvalue weighted by atomic mass is 9.91. The average Bonchev–Trinajstić information content (AvgIpc) is 3.46. The third kappa shape index (κ3) is 5.23. The molecule has 0 spiro atoms. The Balaban J connectivity index is 1.51. The van der Waals surface area contributed by atoms with Gasteiger partial charge >= 0.3 is 5.63 Å². The zero-order valence-corrected chi connectivity index (χ0v) is 27.3. The van der Waals surface area contributed by atoms with E-state index in [-0.39, 0.29) is 0 Å². The normalized spacial score (nSPS) is 12.1. The molecule has 8 heteroatoms. The van der Waals surface area contributed by atoms with Crippen LogP contribution in [0.25, 0.3) is 44.3 Å². The molecule has 0 unspecified atom stereocenters. The lowest BCUT2D eigenvalue weighted by Gasteiger charge is -2.23. The van der Waals surface area contributed by atoms with Crippen LogP contribution >= 0.6 is 0 Å². The minimum atomic E-state index is -0.413. The van der Waals surface area contributed by atoms with E-state index in [1.165, 1.54) is 0 Å². The second kappa shape index (κ2) is 12.4. The van der Waals surface area contributed by atoms with E-state index in [2.05, 4.69) is 16.7 Å². The van der Waals surface area contributed by atoms with Gasteiger partial charge in [-0.3, -0.25) is 0 Å². The van der Waals surface area contributed by atoms with E-state index in [0.717, 1.165) is 62.0 Å². The summed E-state index contributed by atoms with van der Waals surface area (Å²) >= 11 is 0. The first-order valence-electron chi connectivity index (χ1n) is 15.8. The van der Waals surface area contributed by atoms with Gasteiger partial charge in [-0.1, -0.05) is 49.4 Å². The molecule has 0 atom stereocenters. The predicted molar refractivity (Wildman–Crippen MR) is 184 cm³/mol. The lowest BCUT2D eigenvalue weighted by molar-refractivity contribution is 0.284. The summed E-state index contributed by atoms with van der Waals surface area (Å²) in [4.78, 5) is 13.9. The molecule has 0 amide bonds. The van der Waals surface area contributed by atoms with E-state index in [4.69, 9.17) is 28.1 Å². The van der Waals surface area contributed by atoms with Crippen molar-refractivity contribution in [3.63, 3.8) is 0 Å². The SMILES string of the molecule is CCCOc1cc2oc(=O)c3c(c(-c4ccc(C)c(OC)c4)c4n3CCc3cc(OCc5ccccc5)c(OC)cc3-4)c2cc1OC. The predicted octanol–water partition coefficient (Wildman–Crippen LogP) is 8.34. The molecule has 4 aromatic carbocycles. The van der Waals surface area contributed by atoms with Crippen molar-refractivity contribution in [1.82, 2.24) is 4.57 Å². The summed E-state index contributed by atoms with van der Waals surface area (Å²) in [6, 6.07) is 24.0. The Morgan fingerprint density at radius 1 is 0.809 bits per heavy atom. The summed E-state index contributed by atoms with van der Waals surface area (Å²) in [6.45, 7) is 5.57. The molecule has 3 heterocycles. The van der Waals surface area contributed by atoms with Gasteiger partial charge in [-0.25, -0.2) is 4.79 Å². The summed E-state index contributed by atoms with van der Waals surface area (Å²) < 4.78 is 37.8. The van der Waals surface area contributed by atoms with Crippen LogP contribution in [-0.2, 0) is 19.6 Å². The minimum absolute atomic E-state index is 0.413. The van der Waals surface area contributed by atoms with E-state index < -0.39 is 5.63 Å². The van der Waals surface area contributed by atoms with Gasteiger partial charge < -0.3 is 32.7 Å². The van der Waals surface area contributed by atoms with Gasteiger partial charge in [-0.15, -0.1) is 0 Å². The Labute approximate surface area is 273 Å². The van der Waals surface area contributed by atoms with Gasteiger partial charge in [0, 0.05) is 34.5 Å². The maximum atomic E-state index is 13.9. The Kier molecular flexibility index (Phi) is 8.02. The van der Waals surface area contributed by atoms with Crippen LogP contribution in [0.3, 0.4) is 0 Å². The van der Waals surface area contributed by atoms with Crippen molar-refractivity contribution in [3.05, 3.63) is 99.9 Å². The molecule has 0 saturated heterocycles. The fourth-order valence-electron chi connectivity index (χ4n) is 6.58. The number of aromatic nitrogens is 1. The van der Waals surface area contributed by atoms with Crippen molar-refractivity contribution in [3.8, 4) is 51.1 Å². The Bertz CT molecular complexity index is 2180. The topological polar surface area (TPSA) is 81.3 Å². The molecular weight excluding hydrogens is 594 g/mol. The number of rotatable bonds is 10. The van der Waals surface area contributed by atoms with Gasteiger partial charge in [-0.05, 0) is 66.3 Å². The monoisotopic (exact) mass is 631 g/mol. The number of nitrogens with zero attached hydrogens (tertiary/aromatic N) is 1. The van der Waals surface area contributed by atoms with Gasteiger partial charge in [0.25, 0.3) is 0 Å². The largest absolute Gasteiger partial charge is 0.496 e. The molecule has 0 aliphatic carbocycles. The third-order valence-corrected chi connectivity index (χ3v) is 8.84. The molecule has 1 aliphatic heterocycles. The minimum Gasteiger partial charge on any atom is -0.496 e. The molecule has 0 saturated carbocycles. The molecule has 0 N–H and O–H groups in total. The van der Waals surface area contributed by atoms with Crippen LogP contribution in [0.2, 0.25) is 0 Å². The fraction of sp³-hybridized carbons (Fsp3) is 0.256. The molecule has 2 aromatic heterocycles. The first-order valence-corrected chi connectivity index (χ1v) is 15.8. The summed E-state index contributed by atoms with van der Waals surface area (Å²) in [6.07, 6.45) is 1.52. The van der Waals surface area contributed by atoms with Crippen molar-refractivity contribution >= 4 is 21.9 Å². The quantitative estimate of drug-likeness (QED) is 0.141. The average molecular weight is 632 g/mol. The van der Waals surface area contributed by atoms with Gasteiger partial charge in [0.15, 0.2) is 23.0 Å². The highest BCUT2D eigenvalue weighted by Crippen LogP contribution is 2.49. The fourth-order valence-corrected chi connectivity index (χ4v) is 6.58. The van der Waals surface area contributed by atoms with Crippen LogP contribution in [-0.4, -0.2) is 32.5 Å². The van der Waals surface area contributed by atoms with Crippen molar-refractivity contribution in [1.29, 1.82) is 0 Å². The molecule has 1 aliphatic rings. The molecule has 0 radical (unpaired) electrons. The van der Waals surface area contributed by atoms with Crippen LogP contribution in [0.1, 0.15) is 30.0 Å². The highest BCUT2D eigenvalue weighted by atomic mass is 16.5. The molecule has 0 fully saturated rings. The van der Waals surface area contributed by atoms with E-state index >= 15 is 0 Å². The summed E-state index contributed by atoms with van der Waals surface area (Å²) in [7, 11) is 4.93. The molecule has 8 nitrogen and oxygen atoms in total. The van der Waals surface area contributed by atoms with Crippen molar-refractivity contribution in [2.75, 3.05) is 27.9 Å². The summed E-state index contributed by atoms with van der Waals surface area (Å²) in [5.74, 6) is 3.15. The first-order chi connectivity index (χ1) is 22.9. The number of benzene rings is 4. The van der Waals surface area contributed by atoms with Crippen molar-refractivity contribution in [2.45, 2.75) is 39.8 Å². The number of hydrogen-bond donors (Lipinski definition) is 0. The summed E-state index contributed by atoms with van der Waals surface area (Å²) in [5.41, 5.74) is 7.40. The van der Waals surface area contributed by atoms with E-state index in [1.807, 2.05) is 68.4 Å². The number of aryl methyl sites for hydroxylation is 3. The van der Waals surface area contributed by atoms with Crippen molar-refractivity contribution in [2.24, 2.45) is 0 Å². The molecule has 240 valence electrons. The maximum absolute atomic E-state index is 13.9. The Hall–Kier alpha value is -5.37. The maximum Gasteiger partial charge on any atom is 0.361 e. The standard InChI is InChI=1S/C39H37NO7/c1-6-16-45-34-21-30-28(20-32(34)44-5)36-35(26-13-12-23(2)29(18-26)42-3)37-27-19-31(43-4)33(46-22-24-10-8-7-9-11-24)17-25(27)14-15-40(37)38(36)39(41)47-30/h7-13,17-21H,6,14-16,22H2,1-5H3. The van der Waals surface area contributed by atoms with Crippen molar-refractivity contribution < 1.29 is 28.1 Å². The molecule has 6 aromatic rings. The number of hydrogen-bond acceptors (Lipinski definition) is 7. The van der Waals surface area contributed by atoms with Gasteiger partial charge in [0.05, 0.1) is 33.6 Å². The Morgan fingerprint density at radius 2 is 1.55 bits per heavy atom. The number of ether oxygens (including phenoxy) is 5. The first kappa shape index (κ1) is 30.3. The van der Waals surface area contributed by atoms with E-state index in [9.17, 15) is 4.79 Å². The summed E-state index contributed by atoms with van der Waals surface area (Å²) in [5, 5.41) is 1.54. The van der Waals surface area contributed by atoms with E-state index in [1.54, 1.807) is 27.4 Å². The van der Waals surface area contributed by atoms with Crippen LogP contribution in [0.5, 0.6) is 28.7 Å². The molecule has 0 bridgehead atoms. The highest BCUT2D eigenvalue weighted by Gasteiger charge is 2.31. The zero-order chi connectivity index (χ0) is 32.7. The zero-order valence-electron chi connectivity index (χ0n) is 27.3. The molecular formula is C39H37NO7. The second-order valence-electron chi connectivity index (χ2n) is 11.7. The van der Waals surface area contributed by atoms with Crippen LogP contribution < -0.4 is 29.3 Å². The van der Waals surface area contributed by atoms with Crippen LogP contribution in [0.15, 0.2) is 82.0 Å². The third-order valence-electron chi connectivity index (χ3n) is 8.84. The van der Waals surface area contributed by atoms with E-state index in [0.29, 0.717) is 60.3 Å². The Morgan fingerprint density at radius 3 is 2.30 bits per heavy atom. The molecule has 47 heavy (non-hydrogen) atoms. The lowest BCUT2D eigenvalue weighted by Crippen LogP contribution is -2.15. The van der Waals surface area contributed by atoms with Gasteiger partial charge in [0.2, 0.25) is 0 Å². The van der Waals surface area contributed by atoms with Crippen LogP contribution in [0.4, 0.5) is 0 Å². The van der Waals surface area contributed by atoms with Gasteiger partial charge in [-0.2, -0.15) is 0 Å². The molecule has 7 rings (SSSR count).